The summed E-state index contributed by atoms with van der Waals surface area (Å²) in [7, 11) is 0. The van der Waals surface area contributed by atoms with E-state index in [0.717, 1.165) is 13.1 Å². The van der Waals surface area contributed by atoms with E-state index < -0.39 is 0 Å². The fourth-order valence-corrected chi connectivity index (χ4v) is 2.47. The molecular weight excluding hydrogens is 218 g/mol. The second kappa shape index (κ2) is 6.33. The highest BCUT2D eigenvalue weighted by Gasteiger charge is 2.23. The Labute approximate surface area is 103 Å². The predicted octanol–water partition coefficient (Wildman–Crippen LogP) is -0.425. The molecule has 0 aromatic carbocycles. The molecule has 5 heteroatoms. The van der Waals surface area contributed by atoms with Gasteiger partial charge in [-0.1, -0.05) is 0 Å². The molecule has 0 aliphatic carbocycles. The van der Waals surface area contributed by atoms with Crippen molar-refractivity contribution < 1.29 is 9.53 Å². The van der Waals surface area contributed by atoms with Gasteiger partial charge in [0.05, 0.1) is 6.61 Å². The average molecular weight is 241 g/mol. The Balaban J connectivity index is 1.69. The zero-order valence-electron chi connectivity index (χ0n) is 10.6. The van der Waals surface area contributed by atoms with Crippen molar-refractivity contribution in [1.29, 1.82) is 0 Å². The van der Waals surface area contributed by atoms with Crippen molar-refractivity contribution in [1.82, 2.24) is 15.5 Å². The number of morpholine rings is 1. The number of hydrogen-bond acceptors (Lipinski definition) is 4. The molecule has 0 radical (unpaired) electrons. The SMILES string of the molecule is CC(CN1CCCC1)NC(=O)C1CNCCO1. The molecule has 0 aromatic heterocycles. The second-order valence-corrected chi connectivity index (χ2v) is 4.98. The Bertz CT molecular complexity index is 248. The number of likely N-dealkylation sites (tertiary alicyclic amines) is 1. The van der Waals surface area contributed by atoms with Crippen molar-refractivity contribution in [3.8, 4) is 0 Å². The molecule has 2 saturated heterocycles. The number of nitrogens with zero attached hydrogens (tertiary/aromatic N) is 1. The number of rotatable bonds is 4. The molecule has 2 atom stereocenters. The van der Waals surface area contributed by atoms with E-state index in [4.69, 9.17) is 4.74 Å². The van der Waals surface area contributed by atoms with Crippen molar-refractivity contribution in [2.45, 2.75) is 31.9 Å². The van der Waals surface area contributed by atoms with Crippen LogP contribution in [0, 0.1) is 0 Å². The highest BCUT2D eigenvalue weighted by Crippen LogP contribution is 2.07. The average Bonchev–Trinajstić information content (AvgIpc) is 2.82. The Hall–Kier alpha value is -0.650. The zero-order valence-corrected chi connectivity index (χ0v) is 10.6. The van der Waals surface area contributed by atoms with E-state index in [2.05, 4.69) is 22.5 Å². The summed E-state index contributed by atoms with van der Waals surface area (Å²) in [4.78, 5) is 14.3. The zero-order chi connectivity index (χ0) is 12.1. The molecule has 0 bridgehead atoms. The van der Waals surface area contributed by atoms with Crippen molar-refractivity contribution >= 4 is 5.91 Å². The number of nitrogens with one attached hydrogen (secondary N) is 2. The van der Waals surface area contributed by atoms with Crippen molar-refractivity contribution in [3.05, 3.63) is 0 Å². The minimum absolute atomic E-state index is 0.0175. The minimum Gasteiger partial charge on any atom is -0.366 e. The fourth-order valence-electron chi connectivity index (χ4n) is 2.47. The largest absolute Gasteiger partial charge is 0.366 e. The van der Waals surface area contributed by atoms with Gasteiger partial charge in [0, 0.05) is 25.7 Å². The summed E-state index contributed by atoms with van der Waals surface area (Å²) in [5, 5.41) is 6.20. The van der Waals surface area contributed by atoms with Crippen LogP contribution in [0.25, 0.3) is 0 Å². The van der Waals surface area contributed by atoms with Gasteiger partial charge in [-0.15, -0.1) is 0 Å². The Morgan fingerprint density at radius 1 is 1.53 bits per heavy atom. The van der Waals surface area contributed by atoms with Crippen LogP contribution < -0.4 is 10.6 Å². The van der Waals surface area contributed by atoms with Crippen LogP contribution >= 0.6 is 0 Å². The first-order valence-electron chi connectivity index (χ1n) is 6.61. The normalized spacial score (nSPS) is 27.9. The van der Waals surface area contributed by atoms with Crippen LogP contribution in [0.1, 0.15) is 19.8 Å². The van der Waals surface area contributed by atoms with E-state index >= 15 is 0 Å². The summed E-state index contributed by atoms with van der Waals surface area (Å²) in [6.07, 6.45) is 2.26. The number of ether oxygens (including phenoxy) is 1. The molecule has 1 amide bonds. The summed E-state index contributed by atoms with van der Waals surface area (Å²) in [6, 6.07) is 0.200. The summed E-state index contributed by atoms with van der Waals surface area (Å²) in [6.45, 7) is 7.44. The smallest absolute Gasteiger partial charge is 0.250 e. The van der Waals surface area contributed by atoms with Crippen molar-refractivity contribution in [2.75, 3.05) is 39.3 Å². The third-order valence-electron chi connectivity index (χ3n) is 3.34. The highest BCUT2D eigenvalue weighted by atomic mass is 16.5. The van der Waals surface area contributed by atoms with E-state index in [1.54, 1.807) is 0 Å². The van der Waals surface area contributed by atoms with Gasteiger partial charge in [-0.3, -0.25) is 4.79 Å². The molecule has 0 saturated carbocycles. The minimum atomic E-state index is -0.315. The van der Waals surface area contributed by atoms with Crippen LogP contribution in [0.15, 0.2) is 0 Å². The van der Waals surface area contributed by atoms with Gasteiger partial charge in [0.15, 0.2) is 0 Å². The lowest BCUT2D eigenvalue weighted by molar-refractivity contribution is -0.134. The van der Waals surface area contributed by atoms with E-state index in [-0.39, 0.29) is 18.1 Å². The molecule has 2 aliphatic heterocycles. The lowest BCUT2D eigenvalue weighted by Gasteiger charge is -2.26. The Morgan fingerprint density at radius 2 is 2.29 bits per heavy atom. The number of carbonyl (C=O) groups is 1. The first-order valence-corrected chi connectivity index (χ1v) is 6.61. The summed E-state index contributed by atoms with van der Waals surface area (Å²) >= 11 is 0. The summed E-state index contributed by atoms with van der Waals surface area (Å²) in [5.41, 5.74) is 0. The van der Waals surface area contributed by atoms with Gasteiger partial charge in [-0.2, -0.15) is 0 Å². The van der Waals surface area contributed by atoms with Crippen LogP contribution in [0.2, 0.25) is 0 Å². The molecular formula is C12H23N3O2. The quantitative estimate of drug-likeness (QED) is 0.701. The maximum Gasteiger partial charge on any atom is 0.250 e. The molecule has 0 spiro atoms. The Morgan fingerprint density at radius 3 is 2.94 bits per heavy atom. The third kappa shape index (κ3) is 3.94. The lowest BCUT2D eigenvalue weighted by Crippen LogP contribution is -2.51. The van der Waals surface area contributed by atoms with Gasteiger partial charge >= 0.3 is 0 Å². The summed E-state index contributed by atoms with van der Waals surface area (Å²) in [5.74, 6) is 0.0175. The van der Waals surface area contributed by atoms with Gasteiger partial charge in [0.25, 0.3) is 5.91 Å². The molecule has 2 fully saturated rings. The van der Waals surface area contributed by atoms with Gasteiger partial charge in [-0.05, 0) is 32.9 Å². The second-order valence-electron chi connectivity index (χ2n) is 4.98. The molecule has 17 heavy (non-hydrogen) atoms. The molecule has 2 aliphatic rings. The van der Waals surface area contributed by atoms with Crippen LogP contribution in [-0.2, 0) is 9.53 Å². The fraction of sp³-hybridized carbons (Fsp3) is 0.917. The first-order chi connectivity index (χ1) is 8.25. The van der Waals surface area contributed by atoms with Gasteiger partial charge in [-0.25, -0.2) is 0 Å². The van der Waals surface area contributed by atoms with E-state index in [9.17, 15) is 4.79 Å². The third-order valence-corrected chi connectivity index (χ3v) is 3.34. The van der Waals surface area contributed by atoms with E-state index in [1.165, 1.54) is 25.9 Å². The number of amides is 1. The molecule has 0 aromatic rings. The molecule has 2 N–H and O–H groups in total. The van der Waals surface area contributed by atoms with E-state index in [1.807, 2.05) is 0 Å². The predicted molar refractivity (Wildman–Crippen MR) is 65.9 cm³/mol. The van der Waals surface area contributed by atoms with Crippen LogP contribution in [0.5, 0.6) is 0 Å². The van der Waals surface area contributed by atoms with Crippen molar-refractivity contribution in [2.24, 2.45) is 0 Å². The first kappa shape index (κ1) is 12.8. The molecule has 98 valence electrons. The number of hydrogen-bond donors (Lipinski definition) is 2. The van der Waals surface area contributed by atoms with Gasteiger partial charge < -0.3 is 20.3 Å². The van der Waals surface area contributed by atoms with E-state index in [0.29, 0.717) is 13.2 Å². The maximum absolute atomic E-state index is 11.9. The highest BCUT2D eigenvalue weighted by molar-refractivity contribution is 5.81. The van der Waals surface area contributed by atoms with Gasteiger partial charge in [0.1, 0.15) is 6.10 Å². The standard InChI is InChI=1S/C12H23N3O2/c1-10(9-15-5-2-3-6-15)14-12(16)11-8-13-4-7-17-11/h10-11,13H,2-9H2,1H3,(H,14,16). The maximum atomic E-state index is 11.9. The van der Waals surface area contributed by atoms with Gasteiger partial charge in [0.2, 0.25) is 0 Å². The lowest BCUT2D eigenvalue weighted by atomic mass is 10.2. The van der Waals surface area contributed by atoms with Crippen LogP contribution in [-0.4, -0.2) is 62.3 Å². The molecule has 2 rings (SSSR count). The monoisotopic (exact) mass is 241 g/mol. The molecule has 2 heterocycles. The Kier molecular flexibility index (Phi) is 4.76. The number of carbonyl (C=O) groups excluding carboxylic acids is 1. The topological polar surface area (TPSA) is 53.6 Å². The molecule has 2 unspecified atom stereocenters. The van der Waals surface area contributed by atoms with Crippen LogP contribution in [0.3, 0.4) is 0 Å². The van der Waals surface area contributed by atoms with Crippen LogP contribution in [0.4, 0.5) is 0 Å². The van der Waals surface area contributed by atoms with Crippen molar-refractivity contribution in [3.63, 3.8) is 0 Å². The summed E-state index contributed by atoms with van der Waals surface area (Å²) < 4.78 is 5.42. The molecule has 5 nitrogen and oxygen atoms in total.